The summed E-state index contributed by atoms with van der Waals surface area (Å²) in [5, 5.41) is 5.92. The summed E-state index contributed by atoms with van der Waals surface area (Å²) in [6, 6.07) is 9.78. The molecule has 9 nitrogen and oxygen atoms in total. The highest BCUT2D eigenvalue weighted by Gasteiger charge is 2.27. The maximum atomic E-state index is 12.6. The summed E-state index contributed by atoms with van der Waals surface area (Å²) in [7, 11) is 0. The van der Waals surface area contributed by atoms with E-state index in [2.05, 4.69) is 39.6 Å². The van der Waals surface area contributed by atoms with Gasteiger partial charge in [0.1, 0.15) is 5.82 Å². The summed E-state index contributed by atoms with van der Waals surface area (Å²) in [6.45, 7) is 7.95. The molecule has 1 aliphatic carbocycles. The second kappa shape index (κ2) is 10.2. The first-order chi connectivity index (χ1) is 15.5. The van der Waals surface area contributed by atoms with Crippen molar-refractivity contribution in [3.05, 3.63) is 52.6 Å². The van der Waals surface area contributed by atoms with E-state index in [1.807, 2.05) is 12.1 Å². The van der Waals surface area contributed by atoms with Gasteiger partial charge in [-0.1, -0.05) is 19.1 Å². The molecule has 172 valence electrons. The number of benzene rings is 1. The van der Waals surface area contributed by atoms with E-state index in [1.165, 1.54) is 10.1 Å². The first-order valence-electron chi connectivity index (χ1n) is 11.5. The van der Waals surface area contributed by atoms with Crippen LogP contribution in [0.15, 0.2) is 41.3 Å². The summed E-state index contributed by atoms with van der Waals surface area (Å²) >= 11 is 0. The Kier molecular flexibility index (Phi) is 7.19. The Morgan fingerprint density at radius 1 is 1.22 bits per heavy atom. The quantitative estimate of drug-likeness (QED) is 0.599. The number of piperazine rings is 1. The van der Waals surface area contributed by atoms with Gasteiger partial charge in [0.15, 0.2) is 0 Å². The van der Waals surface area contributed by atoms with Gasteiger partial charge in [-0.25, -0.2) is 9.59 Å². The molecule has 1 aliphatic heterocycles. The highest BCUT2D eigenvalue weighted by atomic mass is 16.2. The molecule has 1 saturated carbocycles. The van der Waals surface area contributed by atoms with Crippen LogP contribution in [-0.4, -0.2) is 70.7 Å². The van der Waals surface area contributed by atoms with Gasteiger partial charge in [0, 0.05) is 51.5 Å². The van der Waals surface area contributed by atoms with Crippen molar-refractivity contribution in [2.45, 2.75) is 32.4 Å². The monoisotopic (exact) mass is 439 g/mol. The van der Waals surface area contributed by atoms with Gasteiger partial charge in [-0.05, 0) is 49.1 Å². The van der Waals surface area contributed by atoms with E-state index in [4.69, 9.17) is 5.73 Å². The molecule has 1 saturated heterocycles. The molecule has 4 N–H and O–H groups in total. The smallest absolute Gasteiger partial charge is 0.328 e. The number of nitrogens with two attached hydrogens (primary N) is 1. The average Bonchev–Trinajstić information content (AvgIpc) is 2.79. The lowest BCUT2D eigenvalue weighted by Crippen LogP contribution is -2.48. The number of carbonyl (C=O) groups excluding carboxylic acids is 1. The molecule has 1 aromatic heterocycles. The minimum absolute atomic E-state index is 0.232. The van der Waals surface area contributed by atoms with Crippen molar-refractivity contribution in [3.63, 3.8) is 0 Å². The Balaban J connectivity index is 1.36. The summed E-state index contributed by atoms with van der Waals surface area (Å²) in [6.07, 6.45) is 3.89. The third-order valence-electron chi connectivity index (χ3n) is 6.30. The first kappa shape index (κ1) is 22.4. The molecule has 0 bridgehead atoms. The maximum absolute atomic E-state index is 12.6. The molecular weight excluding hydrogens is 406 g/mol. The third kappa shape index (κ3) is 5.53. The number of carbonyl (C=O) groups is 1. The van der Waals surface area contributed by atoms with Crippen molar-refractivity contribution in [3.8, 4) is 5.69 Å². The fraction of sp³-hybridized carbons (Fsp3) is 0.522. The SMILES string of the molecule is CCN(Cc1ccc(-n2ccc(NC(=O)N3CCNCC3)nc2=O)cc1)C[C@H]1C[C@@H](N)C1. The zero-order valence-electron chi connectivity index (χ0n) is 18.7. The highest BCUT2D eigenvalue weighted by molar-refractivity contribution is 5.88. The van der Waals surface area contributed by atoms with Crippen LogP contribution in [-0.2, 0) is 6.54 Å². The van der Waals surface area contributed by atoms with Gasteiger partial charge in [-0.3, -0.25) is 14.8 Å². The minimum Gasteiger partial charge on any atom is -0.328 e. The van der Waals surface area contributed by atoms with E-state index in [0.717, 1.165) is 51.3 Å². The van der Waals surface area contributed by atoms with Gasteiger partial charge in [-0.15, -0.1) is 0 Å². The van der Waals surface area contributed by atoms with Crippen molar-refractivity contribution in [1.82, 2.24) is 24.7 Å². The molecule has 0 radical (unpaired) electrons. The molecule has 0 atom stereocenters. The molecule has 1 aromatic carbocycles. The molecule has 32 heavy (non-hydrogen) atoms. The highest BCUT2D eigenvalue weighted by Crippen LogP contribution is 2.26. The third-order valence-corrected chi connectivity index (χ3v) is 6.30. The lowest BCUT2D eigenvalue weighted by molar-refractivity contribution is 0.160. The van der Waals surface area contributed by atoms with Crippen molar-refractivity contribution >= 4 is 11.8 Å². The number of aromatic nitrogens is 2. The van der Waals surface area contributed by atoms with Crippen molar-refractivity contribution in [1.29, 1.82) is 0 Å². The molecule has 2 heterocycles. The Hall–Kier alpha value is -2.75. The maximum Gasteiger partial charge on any atom is 0.354 e. The van der Waals surface area contributed by atoms with Crippen molar-refractivity contribution in [2.24, 2.45) is 11.7 Å². The second-order valence-electron chi connectivity index (χ2n) is 8.72. The van der Waals surface area contributed by atoms with Crippen LogP contribution in [0.1, 0.15) is 25.3 Å². The molecule has 0 unspecified atom stereocenters. The number of urea groups is 1. The number of anilines is 1. The lowest BCUT2D eigenvalue weighted by atomic mass is 9.80. The van der Waals surface area contributed by atoms with Crippen LogP contribution in [0.2, 0.25) is 0 Å². The fourth-order valence-corrected chi connectivity index (χ4v) is 4.35. The summed E-state index contributed by atoms with van der Waals surface area (Å²) in [4.78, 5) is 33.1. The van der Waals surface area contributed by atoms with Crippen LogP contribution in [0.5, 0.6) is 0 Å². The zero-order chi connectivity index (χ0) is 22.5. The van der Waals surface area contributed by atoms with Crippen LogP contribution >= 0.6 is 0 Å². The largest absolute Gasteiger partial charge is 0.354 e. The van der Waals surface area contributed by atoms with Crippen molar-refractivity contribution < 1.29 is 4.79 Å². The van der Waals surface area contributed by atoms with E-state index >= 15 is 0 Å². The number of hydrogen-bond acceptors (Lipinski definition) is 6. The van der Waals surface area contributed by atoms with Crippen LogP contribution in [0.3, 0.4) is 0 Å². The Morgan fingerprint density at radius 3 is 2.56 bits per heavy atom. The molecule has 9 heteroatoms. The predicted molar refractivity (Wildman–Crippen MR) is 125 cm³/mol. The Bertz CT molecular complexity index is 963. The molecule has 4 rings (SSSR count). The standard InChI is InChI=1S/C23H33N7O2/c1-2-28(16-18-13-19(24)14-18)15-17-3-5-20(6-4-17)30-10-7-21(27-23(30)32)26-22(31)29-11-8-25-9-12-29/h3-7,10,18-19,25H,2,8-9,11-16,24H2,1H3,(H,26,27,31,32)/t18-,19+. The van der Waals surface area contributed by atoms with Gasteiger partial charge in [0.25, 0.3) is 0 Å². The van der Waals surface area contributed by atoms with Crippen LogP contribution in [0.4, 0.5) is 10.6 Å². The average molecular weight is 440 g/mol. The van der Waals surface area contributed by atoms with Crippen molar-refractivity contribution in [2.75, 3.05) is 44.6 Å². The van der Waals surface area contributed by atoms with Crippen LogP contribution in [0, 0.1) is 5.92 Å². The van der Waals surface area contributed by atoms with Gasteiger partial charge in [0.2, 0.25) is 0 Å². The second-order valence-corrected chi connectivity index (χ2v) is 8.72. The number of hydrogen-bond donors (Lipinski definition) is 3. The van der Waals surface area contributed by atoms with E-state index in [0.29, 0.717) is 25.0 Å². The van der Waals surface area contributed by atoms with Crippen LogP contribution < -0.4 is 22.1 Å². The topological polar surface area (TPSA) is 109 Å². The zero-order valence-corrected chi connectivity index (χ0v) is 18.7. The van der Waals surface area contributed by atoms with Gasteiger partial charge in [0.05, 0.1) is 5.69 Å². The van der Waals surface area contributed by atoms with E-state index in [1.54, 1.807) is 17.2 Å². The molecule has 2 amide bonds. The lowest BCUT2D eigenvalue weighted by Gasteiger charge is -2.36. The van der Waals surface area contributed by atoms with Gasteiger partial charge in [-0.2, -0.15) is 4.98 Å². The Morgan fingerprint density at radius 2 is 1.94 bits per heavy atom. The molecular formula is C23H33N7O2. The predicted octanol–water partition coefficient (Wildman–Crippen LogP) is 1.23. The van der Waals surface area contributed by atoms with Gasteiger partial charge < -0.3 is 16.0 Å². The summed E-state index contributed by atoms with van der Waals surface area (Å²) < 4.78 is 1.48. The van der Waals surface area contributed by atoms with E-state index < -0.39 is 5.69 Å². The van der Waals surface area contributed by atoms with Crippen LogP contribution in [0.25, 0.3) is 5.69 Å². The fourth-order valence-electron chi connectivity index (χ4n) is 4.35. The molecule has 2 aliphatic rings. The normalized spacial score (nSPS) is 20.8. The molecule has 0 spiro atoms. The molecule has 2 aromatic rings. The van der Waals surface area contributed by atoms with E-state index in [-0.39, 0.29) is 11.8 Å². The number of nitrogens with one attached hydrogen (secondary N) is 2. The summed E-state index contributed by atoms with van der Waals surface area (Å²) in [5.74, 6) is 0.972. The number of rotatable bonds is 7. The van der Waals surface area contributed by atoms with E-state index in [9.17, 15) is 9.59 Å². The van der Waals surface area contributed by atoms with Gasteiger partial charge >= 0.3 is 11.7 Å². The molecule has 2 fully saturated rings. The summed E-state index contributed by atoms with van der Waals surface area (Å²) in [5.41, 5.74) is 7.45. The number of amides is 2. The minimum atomic E-state index is -0.424. The first-order valence-corrected chi connectivity index (χ1v) is 11.5. The number of nitrogens with zero attached hydrogens (tertiary/aromatic N) is 4. The Labute approximate surface area is 188 Å².